The minimum absolute atomic E-state index is 0.0676. The molecule has 4 amide bonds. The van der Waals surface area contributed by atoms with Crippen molar-refractivity contribution in [1.82, 2.24) is 0 Å². The highest BCUT2D eigenvalue weighted by Crippen LogP contribution is 2.29. The summed E-state index contributed by atoms with van der Waals surface area (Å²) >= 11 is 0. The largest absolute Gasteiger partial charge is 0.269 e. The van der Waals surface area contributed by atoms with E-state index in [0.717, 1.165) is 9.80 Å². The molecule has 27 heavy (non-hydrogen) atoms. The molecule has 0 spiro atoms. The molecule has 2 aromatic rings. The summed E-state index contributed by atoms with van der Waals surface area (Å²) in [5.74, 6) is -1.88. The molecule has 0 unspecified atom stereocenters. The van der Waals surface area contributed by atoms with E-state index < -0.39 is 23.6 Å². The van der Waals surface area contributed by atoms with Gasteiger partial charge >= 0.3 is 0 Å². The monoisotopic (exact) mass is 358 g/mol. The lowest BCUT2D eigenvalue weighted by Gasteiger charge is -2.16. The van der Waals surface area contributed by atoms with Crippen LogP contribution in [0.25, 0.3) is 0 Å². The standard InChI is InChI=1S/C21H14N2O4/c24-18-12-14(20(26)22(18)16-7-3-1-4-8-16)11-15-13-19(25)23(21(15)27)17-9-5-2-6-10-17/h1-10,12-13H,11H2. The molecule has 0 aliphatic carbocycles. The van der Waals surface area contributed by atoms with Crippen molar-refractivity contribution in [3.05, 3.63) is 84.0 Å². The van der Waals surface area contributed by atoms with Gasteiger partial charge in [-0.05, 0) is 24.3 Å². The molecule has 0 N–H and O–H groups in total. The summed E-state index contributed by atoms with van der Waals surface area (Å²) in [5.41, 5.74) is 1.30. The van der Waals surface area contributed by atoms with Crippen LogP contribution in [0.5, 0.6) is 0 Å². The Labute approximate surface area is 155 Å². The van der Waals surface area contributed by atoms with Crippen molar-refractivity contribution in [1.29, 1.82) is 0 Å². The minimum atomic E-state index is -0.481. The summed E-state index contributed by atoms with van der Waals surface area (Å²) in [4.78, 5) is 51.9. The van der Waals surface area contributed by atoms with E-state index in [1.807, 2.05) is 0 Å². The molecule has 4 rings (SSSR count). The first kappa shape index (κ1) is 16.7. The van der Waals surface area contributed by atoms with Crippen LogP contribution < -0.4 is 9.80 Å². The Bertz CT molecular complexity index is 939. The maximum absolute atomic E-state index is 12.6. The Balaban J connectivity index is 1.55. The summed E-state index contributed by atoms with van der Waals surface area (Å²) in [5, 5.41) is 0. The summed E-state index contributed by atoms with van der Waals surface area (Å²) in [6.45, 7) is 0. The average Bonchev–Trinajstić information content (AvgIpc) is 3.11. The number of benzene rings is 2. The molecule has 0 radical (unpaired) electrons. The Kier molecular flexibility index (Phi) is 4.01. The first-order valence-electron chi connectivity index (χ1n) is 8.34. The van der Waals surface area contributed by atoms with Gasteiger partial charge in [-0.1, -0.05) is 36.4 Å². The van der Waals surface area contributed by atoms with Crippen molar-refractivity contribution in [3.63, 3.8) is 0 Å². The zero-order valence-electron chi connectivity index (χ0n) is 14.2. The highest BCUT2D eigenvalue weighted by atomic mass is 16.2. The third kappa shape index (κ3) is 2.87. The third-order valence-electron chi connectivity index (χ3n) is 4.40. The molecule has 2 heterocycles. The second-order valence-electron chi connectivity index (χ2n) is 6.14. The molecule has 0 saturated carbocycles. The van der Waals surface area contributed by atoms with Gasteiger partial charge in [0.15, 0.2) is 0 Å². The van der Waals surface area contributed by atoms with E-state index >= 15 is 0 Å². The van der Waals surface area contributed by atoms with Gasteiger partial charge in [-0.3, -0.25) is 19.2 Å². The Morgan fingerprint density at radius 1 is 0.556 bits per heavy atom. The number of amides is 4. The molecule has 2 aliphatic heterocycles. The van der Waals surface area contributed by atoms with Crippen LogP contribution in [0.15, 0.2) is 84.0 Å². The number of carbonyl (C=O) groups is 4. The fourth-order valence-corrected chi connectivity index (χ4v) is 3.14. The van der Waals surface area contributed by atoms with Crippen molar-refractivity contribution in [2.45, 2.75) is 6.42 Å². The van der Waals surface area contributed by atoms with Crippen LogP contribution in [0, 0.1) is 0 Å². The number of carbonyl (C=O) groups excluding carboxylic acids is 4. The van der Waals surface area contributed by atoms with Crippen LogP contribution in [0.2, 0.25) is 0 Å². The molecule has 2 aliphatic rings. The quantitative estimate of drug-likeness (QED) is 0.787. The zero-order valence-corrected chi connectivity index (χ0v) is 14.2. The van der Waals surface area contributed by atoms with Crippen LogP contribution >= 0.6 is 0 Å². The smallest absolute Gasteiger partial charge is 0.261 e. The summed E-state index contributed by atoms with van der Waals surface area (Å²) < 4.78 is 0. The van der Waals surface area contributed by atoms with Crippen molar-refractivity contribution in [2.24, 2.45) is 0 Å². The van der Waals surface area contributed by atoms with E-state index in [1.54, 1.807) is 60.7 Å². The molecule has 0 atom stereocenters. The zero-order chi connectivity index (χ0) is 19.0. The van der Waals surface area contributed by atoms with Crippen molar-refractivity contribution in [2.75, 3.05) is 9.80 Å². The number of hydrogen-bond donors (Lipinski definition) is 0. The Hall–Kier alpha value is -3.80. The fourth-order valence-electron chi connectivity index (χ4n) is 3.14. The fraction of sp³-hybridized carbons (Fsp3) is 0.0476. The van der Waals surface area contributed by atoms with Gasteiger partial charge in [-0.15, -0.1) is 0 Å². The van der Waals surface area contributed by atoms with Gasteiger partial charge in [0.1, 0.15) is 0 Å². The second kappa shape index (κ2) is 6.49. The van der Waals surface area contributed by atoms with Crippen LogP contribution in [0.4, 0.5) is 11.4 Å². The average molecular weight is 358 g/mol. The van der Waals surface area contributed by atoms with Crippen LogP contribution in [-0.4, -0.2) is 23.6 Å². The normalized spacial score (nSPS) is 16.9. The highest BCUT2D eigenvalue weighted by Gasteiger charge is 2.37. The van der Waals surface area contributed by atoms with Crippen molar-refractivity contribution in [3.8, 4) is 0 Å². The first-order chi connectivity index (χ1) is 13.1. The van der Waals surface area contributed by atoms with Gasteiger partial charge < -0.3 is 0 Å². The predicted molar refractivity (Wildman–Crippen MR) is 98.7 cm³/mol. The number of rotatable bonds is 4. The van der Waals surface area contributed by atoms with Gasteiger partial charge in [0.2, 0.25) is 0 Å². The summed E-state index contributed by atoms with van der Waals surface area (Å²) in [6, 6.07) is 17.1. The lowest BCUT2D eigenvalue weighted by Crippen LogP contribution is -2.32. The number of para-hydroxylation sites is 2. The maximum atomic E-state index is 12.6. The molecule has 0 aromatic heterocycles. The number of anilines is 2. The van der Waals surface area contributed by atoms with E-state index in [1.165, 1.54) is 12.2 Å². The number of hydrogen-bond acceptors (Lipinski definition) is 4. The molecule has 0 bridgehead atoms. The second-order valence-corrected chi connectivity index (χ2v) is 6.14. The molecular weight excluding hydrogens is 344 g/mol. The number of imide groups is 2. The van der Waals surface area contributed by atoms with E-state index in [9.17, 15) is 19.2 Å². The third-order valence-corrected chi connectivity index (χ3v) is 4.40. The van der Waals surface area contributed by atoms with E-state index in [0.29, 0.717) is 11.4 Å². The number of nitrogens with zero attached hydrogens (tertiary/aromatic N) is 2. The topological polar surface area (TPSA) is 74.8 Å². The molecule has 132 valence electrons. The SMILES string of the molecule is O=C1C=C(CC2=CC(=O)N(c3ccccc3)C2=O)C(=O)N1c1ccccc1. The summed E-state index contributed by atoms with van der Waals surface area (Å²) in [6.07, 6.45) is 2.38. The molecule has 6 heteroatoms. The minimum Gasteiger partial charge on any atom is -0.269 e. The van der Waals surface area contributed by atoms with Crippen LogP contribution in [0.3, 0.4) is 0 Å². The van der Waals surface area contributed by atoms with Gasteiger partial charge in [0, 0.05) is 29.7 Å². The van der Waals surface area contributed by atoms with Crippen LogP contribution in [-0.2, 0) is 19.2 Å². The first-order valence-corrected chi connectivity index (χ1v) is 8.34. The molecule has 2 aromatic carbocycles. The molecule has 6 nitrogen and oxygen atoms in total. The van der Waals surface area contributed by atoms with E-state index in [4.69, 9.17) is 0 Å². The predicted octanol–water partition coefficient (Wildman–Crippen LogP) is 2.38. The lowest BCUT2D eigenvalue weighted by atomic mass is 10.1. The highest BCUT2D eigenvalue weighted by molar-refractivity contribution is 6.33. The van der Waals surface area contributed by atoms with E-state index in [-0.39, 0.29) is 17.6 Å². The summed E-state index contributed by atoms with van der Waals surface area (Å²) in [7, 11) is 0. The Morgan fingerprint density at radius 3 is 1.30 bits per heavy atom. The molecule has 0 fully saturated rings. The van der Waals surface area contributed by atoms with E-state index in [2.05, 4.69) is 0 Å². The lowest BCUT2D eigenvalue weighted by molar-refractivity contribution is -0.121. The Morgan fingerprint density at radius 2 is 0.926 bits per heavy atom. The molecule has 0 saturated heterocycles. The van der Waals surface area contributed by atoms with Crippen LogP contribution in [0.1, 0.15) is 6.42 Å². The van der Waals surface area contributed by atoms with Gasteiger partial charge in [-0.25, -0.2) is 9.80 Å². The molecular formula is C21H14N2O4. The van der Waals surface area contributed by atoms with Crippen molar-refractivity contribution < 1.29 is 19.2 Å². The van der Waals surface area contributed by atoms with Gasteiger partial charge in [0.25, 0.3) is 23.6 Å². The van der Waals surface area contributed by atoms with Gasteiger partial charge in [0.05, 0.1) is 11.4 Å². The van der Waals surface area contributed by atoms with Gasteiger partial charge in [-0.2, -0.15) is 0 Å². The maximum Gasteiger partial charge on any atom is 0.261 e. The van der Waals surface area contributed by atoms with Crippen molar-refractivity contribution >= 4 is 35.0 Å².